The number of hydrogen-bond donors (Lipinski definition) is 5. The van der Waals surface area contributed by atoms with E-state index < -0.39 is 40.0 Å². The van der Waals surface area contributed by atoms with Crippen LogP contribution in [0.1, 0.15) is 23.3 Å². The highest BCUT2D eigenvalue weighted by Gasteiger charge is 2.56. The molecule has 0 bridgehead atoms. The number of aromatic nitrogens is 2. The number of nitrogens with two attached hydrogens (primary N) is 1. The molecule has 0 aliphatic heterocycles. The quantitative estimate of drug-likeness (QED) is 0.138. The molecule has 0 spiro atoms. The van der Waals surface area contributed by atoms with E-state index in [0.717, 1.165) is 5.56 Å². The topological polar surface area (TPSA) is 164 Å². The first-order valence-corrected chi connectivity index (χ1v) is 9.44. The molecule has 6 N–H and O–H groups in total. The zero-order valence-electron chi connectivity index (χ0n) is 17.5. The Morgan fingerprint density at radius 1 is 1.12 bits per heavy atom. The summed E-state index contributed by atoms with van der Waals surface area (Å²) in [4.78, 5) is 27.0. The first-order chi connectivity index (χ1) is 15.1. The summed E-state index contributed by atoms with van der Waals surface area (Å²) in [6.07, 6.45) is 0.520. The van der Waals surface area contributed by atoms with Crippen molar-refractivity contribution in [3.8, 4) is 0 Å². The molecule has 1 atom stereocenters. The summed E-state index contributed by atoms with van der Waals surface area (Å²) >= 11 is 0. The number of carbonyl (C=O) groups excluding carboxylic acids is 2. The second-order valence-electron chi connectivity index (χ2n) is 7.61. The fourth-order valence-corrected chi connectivity index (χ4v) is 2.87. The van der Waals surface area contributed by atoms with Gasteiger partial charge in [-0.25, -0.2) is 0 Å². The van der Waals surface area contributed by atoms with Crippen LogP contribution in [0.3, 0.4) is 0 Å². The van der Waals surface area contributed by atoms with Crippen LogP contribution in [-0.2, 0) is 16.0 Å². The van der Waals surface area contributed by atoms with E-state index in [1.807, 2.05) is 30.3 Å². The highest BCUT2D eigenvalue weighted by atomic mass is 16.5. The van der Waals surface area contributed by atoms with Crippen LogP contribution in [0.25, 0.3) is 0 Å². The Labute approximate surface area is 198 Å². The maximum atomic E-state index is 12.3. The number of benzene rings is 1. The van der Waals surface area contributed by atoms with E-state index in [1.165, 1.54) is 0 Å². The molecule has 16 heteroatoms. The third-order valence-corrected chi connectivity index (χ3v) is 5.07. The Morgan fingerprint density at radius 3 is 2.27 bits per heavy atom. The number of amides is 2. The summed E-state index contributed by atoms with van der Waals surface area (Å²) in [5.41, 5.74) is 6.04. The third-order valence-electron chi connectivity index (χ3n) is 5.07. The van der Waals surface area contributed by atoms with E-state index in [2.05, 4.69) is 20.8 Å². The normalized spacial score (nSPS) is 13.8. The van der Waals surface area contributed by atoms with E-state index in [0.29, 0.717) is 0 Å². The molecule has 12 radical (unpaired) electrons. The van der Waals surface area contributed by atoms with Crippen LogP contribution in [0.15, 0.2) is 34.9 Å². The van der Waals surface area contributed by atoms with Gasteiger partial charge in [0, 0.05) is 6.42 Å². The Morgan fingerprint density at radius 2 is 1.73 bits per heavy atom. The van der Waals surface area contributed by atoms with Crippen molar-refractivity contribution in [2.24, 2.45) is 5.73 Å². The van der Waals surface area contributed by atoms with Crippen molar-refractivity contribution < 1.29 is 24.3 Å². The highest BCUT2D eigenvalue weighted by molar-refractivity contribution is 6.62. The molecule has 2 aromatic rings. The number of aliphatic hydroxyl groups is 2. The summed E-state index contributed by atoms with van der Waals surface area (Å²) < 4.78 is 5.21. The monoisotopic (exact) mass is 437 g/mol. The highest BCUT2D eigenvalue weighted by Crippen LogP contribution is 2.63. The zero-order chi connectivity index (χ0) is 25.1. The number of rotatable bonds is 11. The van der Waals surface area contributed by atoms with Gasteiger partial charge in [-0.3, -0.25) is 15.3 Å². The van der Waals surface area contributed by atoms with Gasteiger partial charge >= 0.3 is 0 Å². The lowest BCUT2D eigenvalue weighted by atomic mass is 9.16. The standard InChI is InChI=1S/C17H17B6N5O5/c18-14(19,15(20,21)16(22,23)17(24,31)32)12(27-11(30)7-25-8-29)13-26-10(28-33-13)6-9-4-2-1-3-5-9/h1-5,8,12,31-32H,6-7,24H2,(H,25,29)(H,27,30). The zero-order valence-corrected chi connectivity index (χ0v) is 17.5. The van der Waals surface area contributed by atoms with Gasteiger partial charge in [0.2, 0.25) is 24.1 Å². The molecule has 0 saturated carbocycles. The van der Waals surface area contributed by atoms with Crippen molar-refractivity contribution >= 4 is 59.4 Å². The average molecular weight is 436 g/mol. The molecule has 2 rings (SSSR count). The van der Waals surface area contributed by atoms with Gasteiger partial charge in [0.05, 0.1) is 59.7 Å². The smallest absolute Gasteiger partial charge is 0.248 e. The first-order valence-electron chi connectivity index (χ1n) is 9.44. The minimum absolute atomic E-state index is 0.182. The molecule has 1 aromatic carbocycles. The minimum atomic E-state index is -3.36. The summed E-state index contributed by atoms with van der Waals surface area (Å²) in [5, 5.41) is 19.6. The van der Waals surface area contributed by atoms with Gasteiger partial charge in [0.15, 0.2) is 5.82 Å². The van der Waals surface area contributed by atoms with Gasteiger partial charge in [-0.05, 0) is 10.8 Å². The first kappa shape index (κ1) is 26.8. The van der Waals surface area contributed by atoms with Crippen molar-refractivity contribution in [1.29, 1.82) is 0 Å². The number of hydrogen-bond acceptors (Lipinski definition) is 8. The maximum Gasteiger partial charge on any atom is 0.248 e. The van der Waals surface area contributed by atoms with Crippen LogP contribution in [0, 0.1) is 0 Å². The molecule has 1 unspecified atom stereocenters. The van der Waals surface area contributed by atoms with Crippen LogP contribution < -0.4 is 16.4 Å². The predicted octanol–water partition coefficient (Wildman–Crippen LogP) is -3.48. The Balaban J connectivity index is 2.47. The van der Waals surface area contributed by atoms with Crippen molar-refractivity contribution in [2.45, 2.75) is 34.0 Å². The van der Waals surface area contributed by atoms with Crippen LogP contribution in [0.4, 0.5) is 0 Å². The van der Waals surface area contributed by atoms with Gasteiger partial charge in [-0.15, -0.1) is 5.21 Å². The summed E-state index contributed by atoms with van der Waals surface area (Å²) in [6.45, 7) is -0.500. The molecule has 0 aliphatic carbocycles. The van der Waals surface area contributed by atoms with E-state index in [4.69, 9.17) is 57.3 Å². The van der Waals surface area contributed by atoms with Crippen molar-refractivity contribution in [1.82, 2.24) is 20.8 Å². The largest absolute Gasteiger partial charge is 0.354 e. The Hall–Kier alpha value is -2.43. The Bertz CT molecular complexity index is 967. The fourth-order valence-electron chi connectivity index (χ4n) is 2.87. The molecule has 0 aliphatic rings. The van der Waals surface area contributed by atoms with Gasteiger partial charge in [-0.2, -0.15) is 4.98 Å². The van der Waals surface area contributed by atoms with Crippen LogP contribution in [0.5, 0.6) is 0 Å². The molecule has 1 heterocycles. The summed E-state index contributed by atoms with van der Waals surface area (Å²) in [5.74, 6) is -4.36. The molecule has 158 valence electrons. The average Bonchev–Trinajstić information content (AvgIpc) is 3.17. The molecule has 0 fully saturated rings. The van der Waals surface area contributed by atoms with E-state index in [-0.39, 0.29) is 24.5 Å². The van der Waals surface area contributed by atoms with E-state index in [1.54, 1.807) is 0 Å². The maximum absolute atomic E-state index is 12.3. The number of carbonyl (C=O) groups is 2. The molecular formula is C17H17B6N5O5. The summed E-state index contributed by atoms with van der Waals surface area (Å²) in [7, 11) is 35.6. The van der Waals surface area contributed by atoms with Crippen LogP contribution >= 0.6 is 0 Å². The second-order valence-corrected chi connectivity index (χ2v) is 7.61. The molecule has 1 aromatic heterocycles. The van der Waals surface area contributed by atoms with E-state index in [9.17, 15) is 19.8 Å². The van der Waals surface area contributed by atoms with Gasteiger partial charge in [-0.1, -0.05) is 40.7 Å². The Kier molecular flexibility index (Phi) is 7.98. The molecule has 33 heavy (non-hydrogen) atoms. The SMILES string of the molecule is [B]C([B])(C(NC(=O)CNC=O)c1nc(Cc2ccccc2)no1)C([B])([B])C([B])([B])C(N)(O)O. The second kappa shape index (κ2) is 9.82. The summed E-state index contributed by atoms with van der Waals surface area (Å²) in [6, 6.07) is 7.41. The lowest BCUT2D eigenvalue weighted by Gasteiger charge is -2.60. The lowest BCUT2D eigenvalue weighted by molar-refractivity contribution is -0.173. The van der Waals surface area contributed by atoms with Crippen LogP contribution in [-0.4, -0.2) is 92.2 Å². The molecule has 0 saturated heterocycles. The van der Waals surface area contributed by atoms with Crippen molar-refractivity contribution in [3.05, 3.63) is 47.6 Å². The molecular weight excluding hydrogens is 419 g/mol. The van der Waals surface area contributed by atoms with Crippen molar-refractivity contribution in [2.75, 3.05) is 6.54 Å². The van der Waals surface area contributed by atoms with Crippen LogP contribution in [0.2, 0.25) is 15.6 Å². The van der Waals surface area contributed by atoms with Gasteiger partial charge in [0.25, 0.3) is 0 Å². The predicted molar refractivity (Wildman–Crippen MR) is 122 cm³/mol. The van der Waals surface area contributed by atoms with Gasteiger partial charge in [0.1, 0.15) is 0 Å². The fraction of sp³-hybridized carbons (Fsp3) is 0.412. The van der Waals surface area contributed by atoms with E-state index >= 15 is 0 Å². The van der Waals surface area contributed by atoms with Crippen molar-refractivity contribution in [3.63, 3.8) is 0 Å². The number of nitrogens with one attached hydrogen (secondary N) is 2. The lowest BCUT2D eigenvalue weighted by Crippen LogP contribution is -2.62. The minimum Gasteiger partial charge on any atom is -0.354 e. The third kappa shape index (κ3) is 5.56. The molecule has 10 nitrogen and oxygen atoms in total. The molecule has 2 amide bonds. The number of nitrogens with zero attached hydrogens (tertiary/aromatic N) is 2. The van der Waals surface area contributed by atoms with Gasteiger partial charge < -0.3 is 25.4 Å².